The van der Waals surface area contributed by atoms with Crippen molar-refractivity contribution >= 4 is 22.4 Å². The third-order valence-corrected chi connectivity index (χ3v) is 4.71. The molecule has 1 aromatic rings. The Morgan fingerprint density at radius 1 is 1.33 bits per heavy atom. The van der Waals surface area contributed by atoms with Gasteiger partial charge in [0, 0.05) is 54.4 Å². The molecule has 1 N–H and O–H groups in total. The van der Waals surface area contributed by atoms with E-state index in [1.165, 1.54) is 12.8 Å². The Balaban J connectivity index is 1.85. The lowest BCUT2D eigenvalue weighted by atomic mass is 10.3. The van der Waals surface area contributed by atoms with Crippen molar-refractivity contribution in [3.8, 4) is 0 Å². The van der Waals surface area contributed by atoms with E-state index < -0.39 is 10.8 Å². The van der Waals surface area contributed by atoms with Crippen LogP contribution in [0.2, 0.25) is 0 Å². The predicted molar refractivity (Wildman–Crippen MR) is 73.6 cm³/mol. The zero-order valence-corrected chi connectivity index (χ0v) is 11.4. The molecule has 0 amide bonds. The van der Waals surface area contributed by atoms with E-state index in [4.69, 9.17) is 0 Å². The number of anilines is 2. The Kier molecular flexibility index (Phi) is 3.20. The van der Waals surface area contributed by atoms with Crippen molar-refractivity contribution < 1.29 is 4.21 Å². The maximum atomic E-state index is 11.4. The van der Waals surface area contributed by atoms with Crippen molar-refractivity contribution in [2.45, 2.75) is 18.8 Å². The van der Waals surface area contributed by atoms with E-state index in [0.29, 0.717) is 5.92 Å². The summed E-state index contributed by atoms with van der Waals surface area (Å²) >= 11 is 0. The molecule has 2 fully saturated rings. The first-order valence-corrected chi connectivity index (χ1v) is 7.92. The fraction of sp³-hybridized carbons (Fsp3) is 0.667. The topological polar surface area (TPSA) is 58.1 Å². The number of aromatic nitrogens is 2. The summed E-state index contributed by atoms with van der Waals surface area (Å²) in [5.74, 6) is 4.87. The molecule has 1 aliphatic carbocycles. The van der Waals surface area contributed by atoms with E-state index in [1.807, 2.05) is 13.1 Å². The van der Waals surface area contributed by atoms with E-state index >= 15 is 0 Å². The highest BCUT2D eigenvalue weighted by Gasteiger charge is 2.28. The predicted octanol–water partition coefficient (Wildman–Crippen LogP) is 0.964. The molecule has 0 radical (unpaired) electrons. The molecule has 18 heavy (non-hydrogen) atoms. The normalized spacial score (nSPS) is 21.1. The van der Waals surface area contributed by atoms with Gasteiger partial charge < -0.3 is 10.2 Å². The summed E-state index contributed by atoms with van der Waals surface area (Å²) in [7, 11) is 1.24. The van der Waals surface area contributed by atoms with Gasteiger partial charge in [0.2, 0.25) is 0 Å². The fourth-order valence-electron chi connectivity index (χ4n) is 2.13. The standard InChI is InChI=1S/C12H18N4OS/c1-13-10-8-11(15-12(14-10)9-2-3-9)16-4-6-18(17)7-5-16/h8-9H,2-7H2,1H3,(H,13,14,15). The van der Waals surface area contributed by atoms with Gasteiger partial charge in [-0.3, -0.25) is 4.21 Å². The van der Waals surface area contributed by atoms with Crippen LogP contribution in [0.25, 0.3) is 0 Å². The Hall–Kier alpha value is -1.17. The molecular weight excluding hydrogens is 248 g/mol. The van der Waals surface area contributed by atoms with Gasteiger partial charge in [-0.15, -0.1) is 0 Å². The lowest BCUT2D eigenvalue weighted by Gasteiger charge is -2.27. The second-order valence-electron chi connectivity index (χ2n) is 4.83. The highest BCUT2D eigenvalue weighted by molar-refractivity contribution is 7.85. The molecule has 98 valence electrons. The highest BCUT2D eigenvalue weighted by Crippen LogP contribution is 2.39. The molecule has 0 unspecified atom stereocenters. The maximum absolute atomic E-state index is 11.4. The average Bonchev–Trinajstić information content (AvgIpc) is 3.23. The van der Waals surface area contributed by atoms with Gasteiger partial charge >= 0.3 is 0 Å². The first-order valence-electron chi connectivity index (χ1n) is 6.43. The molecular formula is C12H18N4OS. The molecule has 1 saturated carbocycles. The van der Waals surface area contributed by atoms with Gasteiger partial charge in [-0.1, -0.05) is 0 Å². The number of nitrogens with zero attached hydrogens (tertiary/aromatic N) is 3. The van der Waals surface area contributed by atoms with Crippen molar-refractivity contribution in [3.63, 3.8) is 0 Å². The van der Waals surface area contributed by atoms with E-state index in [-0.39, 0.29) is 0 Å². The van der Waals surface area contributed by atoms with Crippen LogP contribution in [-0.4, -0.2) is 45.8 Å². The van der Waals surface area contributed by atoms with Gasteiger partial charge in [-0.2, -0.15) is 0 Å². The zero-order chi connectivity index (χ0) is 12.5. The summed E-state index contributed by atoms with van der Waals surface area (Å²) in [5, 5.41) is 3.10. The van der Waals surface area contributed by atoms with Gasteiger partial charge in [-0.05, 0) is 12.8 Å². The molecule has 1 aromatic heterocycles. The van der Waals surface area contributed by atoms with Gasteiger partial charge in [0.05, 0.1) is 0 Å². The molecule has 5 nitrogen and oxygen atoms in total. The summed E-state index contributed by atoms with van der Waals surface area (Å²) < 4.78 is 11.4. The Morgan fingerprint density at radius 3 is 2.67 bits per heavy atom. The van der Waals surface area contributed by atoms with Gasteiger partial charge in [-0.25, -0.2) is 9.97 Å². The van der Waals surface area contributed by atoms with Crippen LogP contribution < -0.4 is 10.2 Å². The van der Waals surface area contributed by atoms with Crippen molar-refractivity contribution in [2.75, 3.05) is 41.9 Å². The van der Waals surface area contributed by atoms with Crippen LogP contribution in [0.5, 0.6) is 0 Å². The largest absolute Gasteiger partial charge is 0.373 e. The molecule has 2 aliphatic rings. The third-order valence-electron chi connectivity index (χ3n) is 3.43. The van der Waals surface area contributed by atoms with Crippen molar-refractivity contribution in [1.82, 2.24) is 9.97 Å². The van der Waals surface area contributed by atoms with E-state index in [1.54, 1.807) is 0 Å². The van der Waals surface area contributed by atoms with Crippen LogP contribution in [-0.2, 0) is 10.8 Å². The smallest absolute Gasteiger partial charge is 0.136 e. The van der Waals surface area contributed by atoms with Crippen LogP contribution in [0, 0.1) is 0 Å². The third kappa shape index (κ3) is 2.48. The van der Waals surface area contributed by atoms with Crippen molar-refractivity contribution in [1.29, 1.82) is 0 Å². The van der Waals surface area contributed by atoms with Crippen molar-refractivity contribution in [2.24, 2.45) is 0 Å². The van der Waals surface area contributed by atoms with Crippen LogP contribution in [0.4, 0.5) is 11.6 Å². The number of nitrogens with one attached hydrogen (secondary N) is 1. The zero-order valence-electron chi connectivity index (χ0n) is 10.6. The molecule has 0 atom stereocenters. The van der Waals surface area contributed by atoms with Gasteiger partial charge in [0.15, 0.2) is 0 Å². The lowest BCUT2D eigenvalue weighted by molar-refractivity contribution is 0.672. The first kappa shape index (κ1) is 11.9. The minimum atomic E-state index is -0.644. The lowest BCUT2D eigenvalue weighted by Crippen LogP contribution is -2.38. The first-order chi connectivity index (χ1) is 8.76. The van der Waals surface area contributed by atoms with Crippen LogP contribution in [0.1, 0.15) is 24.6 Å². The minimum Gasteiger partial charge on any atom is -0.373 e. The SMILES string of the molecule is CNc1cc(N2CCS(=O)CC2)nc(C2CC2)n1. The second kappa shape index (κ2) is 4.84. The minimum absolute atomic E-state index is 0.552. The molecule has 0 bridgehead atoms. The monoisotopic (exact) mass is 266 g/mol. The Bertz CT molecular complexity index is 465. The number of hydrogen-bond acceptors (Lipinski definition) is 5. The quantitative estimate of drug-likeness (QED) is 0.883. The average molecular weight is 266 g/mol. The number of rotatable bonds is 3. The molecule has 1 saturated heterocycles. The molecule has 2 heterocycles. The summed E-state index contributed by atoms with van der Waals surface area (Å²) in [4.78, 5) is 11.4. The summed E-state index contributed by atoms with van der Waals surface area (Å²) in [6, 6.07) is 1.99. The summed E-state index contributed by atoms with van der Waals surface area (Å²) in [5.41, 5.74) is 0. The summed E-state index contributed by atoms with van der Waals surface area (Å²) in [6.07, 6.45) is 2.41. The molecule has 0 spiro atoms. The van der Waals surface area contributed by atoms with Crippen LogP contribution in [0.3, 0.4) is 0 Å². The highest BCUT2D eigenvalue weighted by atomic mass is 32.2. The summed E-state index contributed by atoms with van der Waals surface area (Å²) in [6.45, 7) is 1.66. The molecule has 0 aromatic carbocycles. The van der Waals surface area contributed by atoms with E-state index in [2.05, 4.69) is 20.2 Å². The van der Waals surface area contributed by atoms with Gasteiger partial charge in [0.25, 0.3) is 0 Å². The van der Waals surface area contributed by atoms with Crippen LogP contribution in [0.15, 0.2) is 6.07 Å². The maximum Gasteiger partial charge on any atom is 0.136 e. The Labute approximate surface area is 109 Å². The van der Waals surface area contributed by atoms with E-state index in [9.17, 15) is 4.21 Å². The van der Waals surface area contributed by atoms with E-state index in [0.717, 1.165) is 42.1 Å². The molecule has 6 heteroatoms. The fourth-order valence-corrected chi connectivity index (χ4v) is 3.19. The van der Waals surface area contributed by atoms with Crippen molar-refractivity contribution in [3.05, 3.63) is 11.9 Å². The number of hydrogen-bond donors (Lipinski definition) is 1. The molecule has 3 rings (SSSR count). The van der Waals surface area contributed by atoms with Gasteiger partial charge in [0.1, 0.15) is 17.5 Å². The molecule has 1 aliphatic heterocycles. The second-order valence-corrected chi connectivity index (χ2v) is 6.53. The van der Waals surface area contributed by atoms with Crippen LogP contribution >= 0.6 is 0 Å². The Morgan fingerprint density at radius 2 is 2.06 bits per heavy atom.